The molecule has 0 spiro atoms. The first-order valence-electron chi connectivity index (χ1n) is 7.56. The summed E-state index contributed by atoms with van der Waals surface area (Å²) in [5, 5.41) is 9.33. The number of nitrogen functional groups attached to an aromatic ring is 1. The van der Waals surface area contributed by atoms with E-state index in [0.717, 1.165) is 31.1 Å². The molecule has 0 saturated carbocycles. The van der Waals surface area contributed by atoms with Crippen molar-refractivity contribution in [1.29, 1.82) is 5.26 Å². The van der Waals surface area contributed by atoms with Crippen LogP contribution in [0.5, 0.6) is 0 Å². The maximum atomic E-state index is 9.33. The molecule has 1 aliphatic heterocycles. The number of piperidine rings is 1. The highest BCUT2D eigenvalue weighted by Crippen LogP contribution is 2.33. The first-order chi connectivity index (χ1) is 9.42. The fourth-order valence-electron chi connectivity index (χ4n) is 3.39. The van der Waals surface area contributed by atoms with Crippen LogP contribution in [0.3, 0.4) is 0 Å². The molecule has 20 heavy (non-hydrogen) atoms. The van der Waals surface area contributed by atoms with E-state index >= 15 is 0 Å². The van der Waals surface area contributed by atoms with E-state index in [1.165, 1.54) is 6.42 Å². The van der Waals surface area contributed by atoms with Gasteiger partial charge in [-0.15, -0.1) is 0 Å². The predicted molar refractivity (Wildman–Crippen MR) is 83.6 cm³/mol. The van der Waals surface area contributed by atoms with Gasteiger partial charge in [-0.25, -0.2) is 0 Å². The lowest BCUT2D eigenvalue weighted by Crippen LogP contribution is -2.40. The zero-order valence-electron chi connectivity index (χ0n) is 13.1. The molecule has 1 saturated heterocycles. The second kappa shape index (κ2) is 5.78. The van der Waals surface area contributed by atoms with Gasteiger partial charge in [0.15, 0.2) is 0 Å². The Morgan fingerprint density at radius 2 is 1.95 bits per heavy atom. The van der Waals surface area contributed by atoms with E-state index in [1.54, 1.807) is 0 Å². The van der Waals surface area contributed by atoms with E-state index in [2.05, 4.69) is 43.2 Å². The van der Waals surface area contributed by atoms with Gasteiger partial charge in [0.25, 0.3) is 0 Å². The molecule has 2 N–H and O–H groups in total. The van der Waals surface area contributed by atoms with Crippen molar-refractivity contribution in [3.05, 3.63) is 11.8 Å². The van der Waals surface area contributed by atoms with Gasteiger partial charge in [0.1, 0.15) is 17.6 Å². The van der Waals surface area contributed by atoms with Crippen molar-refractivity contribution in [3.8, 4) is 6.07 Å². The molecule has 0 amide bonds. The van der Waals surface area contributed by atoms with Gasteiger partial charge < -0.3 is 15.2 Å². The van der Waals surface area contributed by atoms with E-state index in [9.17, 15) is 5.26 Å². The number of nitrogens with two attached hydrogens (primary N) is 1. The van der Waals surface area contributed by atoms with Crippen LogP contribution in [-0.4, -0.2) is 17.7 Å². The molecule has 110 valence electrons. The quantitative estimate of drug-likeness (QED) is 0.921. The largest absolute Gasteiger partial charge is 0.396 e. The smallest absolute Gasteiger partial charge is 0.133 e. The molecule has 0 aromatic carbocycles. The van der Waals surface area contributed by atoms with E-state index < -0.39 is 0 Å². The number of hydrogen-bond donors (Lipinski definition) is 1. The molecule has 1 fully saturated rings. The molecule has 4 heteroatoms. The summed E-state index contributed by atoms with van der Waals surface area (Å²) in [6.45, 7) is 11.8. The normalized spacial score (nSPS) is 23.1. The number of hydrogen-bond acceptors (Lipinski definition) is 3. The Morgan fingerprint density at radius 3 is 2.45 bits per heavy atom. The zero-order chi connectivity index (χ0) is 14.9. The summed E-state index contributed by atoms with van der Waals surface area (Å²) >= 11 is 0. The summed E-state index contributed by atoms with van der Waals surface area (Å²) in [5.74, 6) is 2.89. The molecule has 0 bridgehead atoms. The van der Waals surface area contributed by atoms with Crippen molar-refractivity contribution in [3.63, 3.8) is 0 Å². The lowest BCUT2D eigenvalue weighted by Gasteiger charge is -2.37. The molecule has 1 aromatic rings. The summed E-state index contributed by atoms with van der Waals surface area (Å²) in [6.07, 6.45) is 1.27. The van der Waals surface area contributed by atoms with Crippen LogP contribution in [0.25, 0.3) is 0 Å². The third-order valence-electron chi connectivity index (χ3n) is 3.93. The van der Waals surface area contributed by atoms with Crippen molar-refractivity contribution < 1.29 is 0 Å². The predicted octanol–water partition coefficient (Wildman–Crippen LogP) is 3.08. The molecule has 1 aliphatic rings. The molecule has 2 rings (SSSR count). The first kappa shape index (κ1) is 14.8. The van der Waals surface area contributed by atoms with Crippen molar-refractivity contribution in [2.45, 2.75) is 40.7 Å². The monoisotopic (exact) mass is 274 g/mol. The molecule has 2 atom stereocenters. The van der Waals surface area contributed by atoms with Gasteiger partial charge in [-0.05, 0) is 30.2 Å². The molecule has 0 radical (unpaired) electrons. The number of rotatable bonds is 3. The average molecular weight is 274 g/mol. The molecule has 2 heterocycles. The van der Waals surface area contributed by atoms with Crippen molar-refractivity contribution in [2.75, 3.05) is 23.7 Å². The van der Waals surface area contributed by atoms with Crippen LogP contribution in [0.2, 0.25) is 0 Å². The summed E-state index contributed by atoms with van der Waals surface area (Å²) < 4.78 is 2.10. The molecular formula is C16H26N4. The average Bonchev–Trinajstić information content (AvgIpc) is 2.63. The van der Waals surface area contributed by atoms with Crippen LogP contribution in [0.1, 0.15) is 39.8 Å². The Balaban J connectivity index is 2.39. The molecule has 4 nitrogen and oxygen atoms in total. The highest BCUT2D eigenvalue weighted by molar-refractivity contribution is 5.68. The van der Waals surface area contributed by atoms with Crippen LogP contribution in [0.15, 0.2) is 6.07 Å². The standard InChI is InChI=1S/C16H26N4/c1-11(2)8-20-14(7-17)6-15(18)16(20)19-9-12(3)5-13(4)10-19/h6,11-13H,5,8-10,18H2,1-4H3/t12-,13+. The van der Waals surface area contributed by atoms with Crippen LogP contribution in [0.4, 0.5) is 11.5 Å². The van der Waals surface area contributed by atoms with Crippen molar-refractivity contribution in [2.24, 2.45) is 17.8 Å². The lowest BCUT2D eigenvalue weighted by molar-refractivity contribution is 0.351. The Bertz CT molecular complexity index is 499. The summed E-state index contributed by atoms with van der Waals surface area (Å²) in [6, 6.07) is 4.10. The van der Waals surface area contributed by atoms with Crippen molar-refractivity contribution >= 4 is 11.5 Å². The van der Waals surface area contributed by atoms with Crippen LogP contribution in [-0.2, 0) is 6.54 Å². The third-order valence-corrected chi connectivity index (χ3v) is 3.93. The minimum absolute atomic E-state index is 0.493. The number of anilines is 2. The SMILES string of the molecule is CC(C)Cn1c(C#N)cc(N)c1N1C[C@H](C)C[C@H](C)C1. The van der Waals surface area contributed by atoms with Gasteiger partial charge in [-0.1, -0.05) is 27.7 Å². The summed E-state index contributed by atoms with van der Waals surface area (Å²) in [4.78, 5) is 2.37. The Labute approximate surface area is 122 Å². The van der Waals surface area contributed by atoms with Crippen LogP contribution >= 0.6 is 0 Å². The number of nitrogens with zero attached hydrogens (tertiary/aromatic N) is 3. The molecule has 0 unspecified atom stereocenters. The Hall–Kier alpha value is -1.63. The van der Waals surface area contributed by atoms with Gasteiger partial charge in [0.05, 0.1) is 5.69 Å². The second-order valence-corrected chi connectivity index (χ2v) is 6.78. The van der Waals surface area contributed by atoms with Gasteiger partial charge in [0.2, 0.25) is 0 Å². The molecular weight excluding hydrogens is 248 g/mol. The van der Waals surface area contributed by atoms with E-state index in [1.807, 2.05) is 6.07 Å². The summed E-state index contributed by atoms with van der Waals surface area (Å²) in [7, 11) is 0. The molecule has 1 aromatic heterocycles. The Morgan fingerprint density at radius 1 is 1.35 bits per heavy atom. The van der Waals surface area contributed by atoms with Crippen LogP contribution in [0, 0.1) is 29.1 Å². The Kier molecular flexibility index (Phi) is 4.27. The second-order valence-electron chi connectivity index (χ2n) is 6.78. The minimum atomic E-state index is 0.493. The highest BCUT2D eigenvalue weighted by Gasteiger charge is 2.27. The molecule has 0 aliphatic carbocycles. The summed E-state index contributed by atoms with van der Waals surface area (Å²) in [5.41, 5.74) is 7.62. The van der Waals surface area contributed by atoms with Gasteiger partial charge in [-0.3, -0.25) is 0 Å². The van der Waals surface area contributed by atoms with Crippen LogP contribution < -0.4 is 10.6 Å². The van der Waals surface area contributed by atoms with Gasteiger partial charge in [0, 0.05) is 19.6 Å². The minimum Gasteiger partial charge on any atom is -0.396 e. The maximum Gasteiger partial charge on any atom is 0.133 e. The fourth-order valence-corrected chi connectivity index (χ4v) is 3.39. The van der Waals surface area contributed by atoms with Gasteiger partial charge in [-0.2, -0.15) is 5.26 Å². The zero-order valence-corrected chi connectivity index (χ0v) is 13.1. The van der Waals surface area contributed by atoms with E-state index in [0.29, 0.717) is 23.4 Å². The fraction of sp³-hybridized carbons (Fsp3) is 0.688. The third kappa shape index (κ3) is 2.92. The van der Waals surface area contributed by atoms with Gasteiger partial charge >= 0.3 is 0 Å². The highest BCUT2D eigenvalue weighted by atomic mass is 15.3. The van der Waals surface area contributed by atoms with E-state index in [4.69, 9.17) is 5.73 Å². The number of aromatic nitrogens is 1. The van der Waals surface area contributed by atoms with E-state index in [-0.39, 0.29) is 0 Å². The first-order valence-corrected chi connectivity index (χ1v) is 7.56. The maximum absolute atomic E-state index is 9.33. The lowest BCUT2D eigenvalue weighted by atomic mass is 9.92. The number of nitriles is 1. The topological polar surface area (TPSA) is 58.0 Å². The van der Waals surface area contributed by atoms with Crippen molar-refractivity contribution in [1.82, 2.24) is 4.57 Å².